The lowest BCUT2D eigenvalue weighted by Crippen LogP contribution is -2.59. The molecule has 1 unspecified atom stereocenters. The van der Waals surface area contributed by atoms with E-state index in [1.165, 1.54) is 0 Å². The Morgan fingerprint density at radius 3 is 2.34 bits per heavy atom. The zero-order valence-corrected chi connectivity index (χ0v) is 25.1. The summed E-state index contributed by atoms with van der Waals surface area (Å²) in [6.07, 6.45) is 9.93. The summed E-state index contributed by atoms with van der Waals surface area (Å²) in [5.41, 5.74) is -0.927. The molecule has 4 aliphatic heterocycles. The number of ether oxygens (including phenoxy) is 1. The van der Waals surface area contributed by atoms with Crippen molar-refractivity contribution in [2.75, 3.05) is 31.1 Å². The molecule has 4 heterocycles. The lowest BCUT2D eigenvalue weighted by molar-refractivity contribution is -0.151. The van der Waals surface area contributed by atoms with E-state index in [2.05, 4.69) is 34.6 Å². The minimum Gasteiger partial charge on any atom is -0.396 e. The highest BCUT2D eigenvalue weighted by Gasteiger charge is 2.72. The number of benzene rings is 1. The molecule has 5 atom stereocenters. The Labute approximate surface area is 244 Å². The van der Waals surface area contributed by atoms with Crippen LogP contribution in [0.2, 0.25) is 0 Å². The van der Waals surface area contributed by atoms with Crippen molar-refractivity contribution in [1.82, 2.24) is 9.80 Å². The van der Waals surface area contributed by atoms with E-state index >= 15 is 0 Å². The van der Waals surface area contributed by atoms with Crippen LogP contribution in [0.15, 0.2) is 54.6 Å². The number of hydrogen-bond donors (Lipinski definition) is 1. The van der Waals surface area contributed by atoms with Gasteiger partial charge in [0.2, 0.25) is 17.7 Å². The molecule has 1 aromatic carbocycles. The molecular weight excluding hydrogens is 518 g/mol. The third kappa shape index (κ3) is 5.25. The second-order valence-corrected chi connectivity index (χ2v) is 13.8. The predicted octanol–water partition coefficient (Wildman–Crippen LogP) is 3.95. The molecule has 0 aromatic heterocycles. The molecule has 8 nitrogen and oxygen atoms in total. The van der Waals surface area contributed by atoms with Gasteiger partial charge in [-0.3, -0.25) is 14.4 Å². The van der Waals surface area contributed by atoms with Crippen molar-refractivity contribution in [3.05, 3.63) is 54.6 Å². The highest BCUT2D eigenvalue weighted by Crippen LogP contribution is 2.54. The van der Waals surface area contributed by atoms with Crippen LogP contribution in [0.4, 0.5) is 5.69 Å². The van der Waals surface area contributed by atoms with Crippen molar-refractivity contribution in [2.45, 2.75) is 83.6 Å². The van der Waals surface area contributed by atoms with Crippen molar-refractivity contribution >= 4 is 23.4 Å². The van der Waals surface area contributed by atoms with Gasteiger partial charge in [-0.25, -0.2) is 0 Å². The summed E-state index contributed by atoms with van der Waals surface area (Å²) in [4.78, 5) is 48.6. The van der Waals surface area contributed by atoms with E-state index in [0.29, 0.717) is 32.5 Å². The maximum Gasteiger partial charge on any atom is 0.249 e. The highest BCUT2D eigenvalue weighted by molar-refractivity contribution is 6.03. The molecule has 0 aliphatic carbocycles. The quantitative estimate of drug-likeness (QED) is 0.382. The SMILES string of the molecule is CC(C)(C)CC(C)(C)N1CC=C[C@]23O[C@H]4C=CCN(c5ccccc5)C(=O)[C@H]4[C@H]2C(=O)N(CCCCCO)C3C1=O. The van der Waals surface area contributed by atoms with Crippen LogP contribution < -0.4 is 4.90 Å². The van der Waals surface area contributed by atoms with Crippen molar-refractivity contribution < 1.29 is 24.2 Å². The first kappa shape index (κ1) is 29.5. The first-order valence-electron chi connectivity index (χ1n) is 15.0. The Balaban J connectivity index is 1.56. The van der Waals surface area contributed by atoms with Crippen molar-refractivity contribution in [3.8, 4) is 0 Å². The first-order valence-corrected chi connectivity index (χ1v) is 15.0. The van der Waals surface area contributed by atoms with E-state index in [0.717, 1.165) is 18.5 Å². The minimum atomic E-state index is -1.23. The van der Waals surface area contributed by atoms with E-state index in [9.17, 15) is 19.5 Å². The third-order valence-electron chi connectivity index (χ3n) is 8.98. The first-order chi connectivity index (χ1) is 19.4. The molecule has 1 aromatic rings. The number of unbranched alkanes of at least 4 members (excludes halogenated alkanes) is 2. The number of hydrogen-bond acceptors (Lipinski definition) is 5. The molecule has 2 fully saturated rings. The molecule has 1 N–H and O–H groups in total. The molecule has 0 radical (unpaired) electrons. The van der Waals surface area contributed by atoms with E-state index in [4.69, 9.17) is 4.74 Å². The maximum atomic E-state index is 14.6. The molecule has 3 amide bonds. The second kappa shape index (κ2) is 11.0. The van der Waals surface area contributed by atoms with E-state index in [1.807, 2.05) is 59.5 Å². The number of para-hydroxylation sites is 1. The fraction of sp³-hybridized carbons (Fsp3) is 0.606. The van der Waals surface area contributed by atoms with Gasteiger partial charge in [0.05, 0.1) is 17.9 Å². The van der Waals surface area contributed by atoms with Gasteiger partial charge in [-0.2, -0.15) is 0 Å². The number of amides is 3. The lowest BCUT2D eigenvalue weighted by Gasteiger charge is -2.44. The van der Waals surface area contributed by atoms with Crippen LogP contribution in [-0.2, 0) is 19.1 Å². The fourth-order valence-corrected chi connectivity index (χ4v) is 7.73. The second-order valence-electron chi connectivity index (χ2n) is 13.8. The summed E-state index contributed by atoms with van der Waals surface area (Å²) >= 11 is 0. The smallest absolute Gasteiger partial charge is 0.249 e. The summed E-state index contributed by atoms with van der Waals surface area (Å²) in [5, 5.41) is 9.31. The fourth-order valence-electron chi connectivity index (χ4n) is 7.73. The molecular formula is C33H45N3O5. The van der Waals surface area contributed by atoms with Gasteiger partial charge in [-0.05, 0) is 57.1 Å². The minimum absolute atomic E-state index is 0.00927. The average Bonchev–Trinajstić information content (AvgIpc) is 3.20. The Hall–Kier alpha value is -2.97. The number of nitrogens with zero attached hydrogens (tertiary/aromatic N) is 3. The number of carbonyl (C=O) groups is 3. The molecule has 4 aliphatic rings. The number of rotatable bonds is 8. The van der Waals surface area contributed by atoms with Crippen LogP contribution in [0, 0.1) is 17.3 Å². The molecule has 1 spiro atoms. The van der Waals surface area contributed by atoms with Gasteiger partial charge < -0.3 is 24.5 Å². The van der Waals surface area contributed by atoms with Gasteiger partial charge in [-0.1, -0.05) is 63.3 Å². The lowest BCUT2D eigenvalue weighted by atomic mass is 9.77. The van der Waals surface area contributed by atoms with Gasteiger partial charge >= 0.3 is 0 Å². The molecule has 222 valence electrons. The summed E-state index contributed by atoms with van der Waals surface area (Å²) in [5.74, 6) is -2.02. The number of likely N-dealkylation sites (tertiary alicyclic amines) is 1. The number of anilines is 1. The van der Waals surface area contributed by atoms with Gasteiger partial charge in [0, 0.05) is 37.5 Å². The average molecular weight is 564 g/mol. The molecule has 8 heteroatoms. The van der Waals surface area contributed by atoms with Gasteiger partial charge in [0.1, 0.15) is 11.6 Å². The van der Waals surface area contributed by atoms with Crippen LogP contribution in [0.3, 0.4) is 0 Å². The Morgan fingerprint density at radius 2 is 1.66 bits per heavy atom. The Kier molecular flexibility index (Phi) is 7.94. The summed E-state index contributed by atoms with van der Waals surface area (Å²) < 4.78 is 6.78. The van der Waals surface area contributed by atoms with E-state index in [-0.39, 0.29) is 29.7 Å². The zero-order valence-electron chi connectivity index (χ0n) is 25.1. The van der Waals surface area contributed by atoms with Crippen molar-refractivity contribution in [1.29, 1.82) is 0 Å². The van der Waals surface area contributed by atoms with E-state index < -0.39 is 35.1 Å². The van der Waals surface area contributed by atoms with Crippen LogP contribution in [-0.4, -0.2) is 82.2 Å². The van der Waals surface area contributed by atoms with E-state index in [1.54, 1.807) is 9.80 Å². The third-order valence-corrected chi connectivity index (χ3v) is 8.98. The zero-order chi connectivity index (χ0) is 29.6. The van der Waals surface area contributed by atoms with Gasteiger partial charge in [-0.15, -0.1) is 0 Å². The summed E-state index contributed by atoms with van der Waals surface area (Å²) in [7, 11) is 0. The van der Waals surface area contributed by atoms with Crippen LogP contribution in [0.1, 0.15) is 60.3 Å². The maximum absolute atomic E-state index is 14.6. The molecule has 41 heavy (non-hydrogen) atoms. The van der Waals surface area contributed by atoms with Crippen molar-refractivity contribution in [2.24, 2.45) is 17.3 Å². The predicted molar refractivity (Wildman–Crippen MR) is 158 cm³/mol. The normalized spacial score (nSPS) is 29.9. The van der Waals surface area contributed by atoms with Crippen molar-refractivity contribution in [3.63, 3.8) is 0 Å². The Morgan fingerprint density at radius 1 is 0.927 bits per heavy atom. The number of aliphatic hydroxyl groups is 1. The summed E-state index contributed by atoms with van der Waals surface area (Å²) in [6.45, 7) is 12.0. The summed E-state index contributed by atoms with van der Waals surface area (Å²) in [6, 6.07) is 8.64. The number of fused-ring (bicyclic) bond motifs is 2. The standard InChI is InChI=1S/C33H45N3O5/c1-31(2,3)22-32(4,5)36-20-13-17-33-26(29(39)35(27(33)30(36)40)18-10-7-11-21-37)25-24(41-33)16-12-19-34(28(25)38)23-14-8-6-9-15-23/h6,8-9,12-17,24-27,37H,7,10-11,18-22H2,1-5H3/t24-,25+,26-,27?,33-/m0/s1. The molecule has 5 rings (SSSR count). The molecule has 0 saturated carbocycles. The molecule has 2 saturated heterocycles. The highest BCUT2D eigenvalue weighted by atomic mass is 16.5. The van der Waals surface area contributed by atoms with Crippen LogP contribution in [0.5, 0.6) is 0 Å². The number of aliphatic hydroxyl groups excluding tert-OH is 1. The number of carbonyl (C=O) groups excluding carboxylic acids is 3. The monoisotopic (exact) mass is 563 g/mol. The largest absolute Gasteiger partial charge is 0.396 e. The topological polar surface area (TPSA) is 90.4 Å². The van der Waals surface area contributed by atoms with Crippen LogP contribution in [0.25, 0.3) is 0 Å². The van der Waals surface area contributed by atoms with Gasteiger partial charge in [0.15, 0.2) is 0 Å². The molecule has 0 bridgehead atoms. The Bertz CT molecular complexity index is 1220. The van der Waals surface area contributed by atoms with Gasteiger partial charge in [0.25, 0.3) is 0 Å². The van der Waals surface area contributed by atoms with Crippen LogP contribution >= 0.6 is 0 Å².